The van der Waals surface area contributed by atoms with Gasteiger partial charge in [0.2, 0.25) is 5.99 Å². The number of nitrogens with two attached hydrogens (primary N) is 1. The van der Waals surface area contributed by atoms with Gasteiger partial charge >= 0.3 is 0 Å². The Morgan fingerprint density at radius 1 is 1.00 bits per heavy atom. The summed E-state index contributed by atoms with van der Waals surface area (Å²) in [6.45, 7) is 5.00. The van der Waals surface area contributed by atoms with E-state index in [-0.39, 0.29) is 0 Å². The molecule has 4 heteroatoms. The van der Waals surface area contributed by atoms with Gasteiger partial charge in [-0.1, -0.05) is 42.1 Å². The lowest BCUT2D eigenvalue weighted by Crippen LogP contribution is -2.24. The Balaban J connectivity index is 1.99. The fourth-order valence-corrected chi connectivity index (χ4v) is 2.73. The first-order valence-electron chi connectivity index (χ1n) is 6.85. The summed E-state index contributed by atoms with van der Waals surface area (Å²) < 4.78 is 5.82. The number of benzene rings is 2. The highest BCUT2D eigenvalue weighted by Crippen LogP contribution is 2.21. The van der Waals surface area contributed by atoms with E-state index >= 15 is 0 Å². The van der Waals surface area contributed by atoms with Gasteiger partial charge in [0.15, 0.2) is 0 Å². The molecule has 0 spiro atoms. The molecule has 0 fully saturated rings. The van der Waals surface area contributed by atoms with E-state index in [1.807, 2.05) is 35.9 Å². The second kappa shape index (κ2) is 7.41. The van der Waals surface area contributed by atoms with Gasteiger partial charge in [-0.2, -0.15) is 0 Å². The smallest absolute Gasteiger partial charge is 0.238 e. The molecule has 0 atom stereocenters. The molecule has 0 bridgehead atoms. The van der Waals surface area contributed by atoms with Crippen LogP contribution in [0, 0.1) is 6.92 Å². The Bertz CT molecular complexity index is 527. The Morgan fingerprint density at radius 3 is 2.10 bits per heavy atom. The normalized spacial score (nSPS) is 10.3. The average molecular weight is 285 g/mol. The summed E-state index contributed by atoms with van der Waals surface area (Å²) >= 11 is 1.88. The van der Waals surface area contributed by atoms with Crippen molar-refractivity contribution in [2.24, 2.45) is 5.73 Å². The van der Waals surface area contributed by atoms with Gasteiger partial charge in [0.05, 0.1) is 0 Å². The number of aryl methyl sites for hydroxylation is 1. The zero-order chi connectivity index (χ0) is 14.4. The van der Waals surface area contributed by atoms with Crippen LogP contribution in [-0.2, 0) is 0 Å². The molecule has 0 aliphatic rings. The Morgan fingerprint density at radius 2 is 1.55 bits per heavy atom. The SMILES string of the molecule is CB(SCCN)c1ccc(Oc2ccc(C)cc2)cc1. The van der Waals surface area contributed by atoms with Crippen molar-refractivity contribution in [1.82, 2.24) is 0 Å². The third-order valence-corrected chi connectivity index (χ3v) is 4.34. The summed E-state index contributed by atoms with van der Waals surface area (Å²) in [6.07, 6.45) is 0. The van der Waals surface area contributed by atoms with E-state index in [0.717, 1.165) is 23.8 Å². The molecule has 0 aliphatic heterocycles. The van der Waals surface area contributed by atoms with Crippen LogP contribution >= 0.6 is 11.6 Å². The van der Waals surface area contributed by atoms with Crippen LogP contribution in [0.1, 0.15) is 5.56 Å². The predicted molar refractivity (Wildman–Crippen MR) is 90.5 cm³/mol. The lowest BCUT2D eigenvalue weighted by Gasteiger charge is -2.10. The van der Waals surface area contributed by atoms with Gasteiger partial charge in [-0.3, -0.25) is 0 Å². The molecular formula is C16H20BNOS. The van der Waals surface area contributed by atoms with Crippen molar-refractivity contribution >= 4 is 23.1 Å². The molecule has 20 heavy (non-hydrogen) atoms. The van der Waals surface area contributed by atoms with Crippen LogP contribution in [0.25, 0.3) is 0 Å². The fraction of sp³-hybridized carbons (Fsp3) is 0.250. The molecule has 0 unspecified atom stereocenters. The van der Waals surface area contributed by atoms with Gasteiger partial charge in [-0.15, -0.1) is 0 Å². The third kappa shape index (κ3) is 4.32. The summed E-state index contributed by atoms with van der Waals surface area (Å²) in [4.78, 5) is 0. The lowest BCUT2D eigenvalue weighted by atomic mass is 9.71. The van der Waals surface area contributed by atoms with Crippen molar-refractivity contribution in [1.29, 1.82) is 0 Å². The van der Waals surface area contributed by atoms with E-state index < -0.39 is 0 Å². The molecule has 2 N–H and O–H groups in total. The van der Waals surface area contributed by atoms with Crippen molar-refractivity contribution in [2.45, 2.75) is 13.7 Å². The number of rotatable bonds is 6. The molecule has 0 heterocycles. The molecule has 2 nitrogen and oxygen atoms in total. The van der Waals surface area contributed by atoms with E-state index in [1.54, 1.807) is 0 Å². The minimum absolute atomic E-state index is 0.465. The van der Waals surface area contributed by atoms with Crippen LogP contribution in [0.2, 0.25) is 6.82 Å². The summed E-state index contributed by atoms with van der Waals surface area (Å²) in [5.41, 5.74) is 8.07. The van der Waals surface area contributed by atoms with Gasteiger partial charge in [-0.05, 0) is 36.9 Å². The number of hydrogen-bond acceptors (Lipinski definition) is 3. The molecular weight excluding hydrogens is 265 g/mol. The average Bonchev–Trinajstić information content (AvgIpc) is 2.48. The summed E-state index contributed by atoms with van der Waals surface area (Å²) in [6, 6.07) is 16.4. The standard InChI is InChI=1S/C16H20BNOS/c1-13-3-7-15(8-4-13)19-16-9-5-14(6-10-16)17(2)20-12-11-18/h3-10H,11-12,18H2,1-2H3. The molecule has 2 rings (SSSR count). The number of ether oxygens (including phenoxy) is 1. The topological polar surface area (TPSA) is 35.2 Å². The zero-order valence-corrected chi connectivity index (χ0v) is 12.8. The van der Waals surface area contributed by atoms with Gasteiger partial charge in [0.25, 0.3) is 0 Å². The first-order valence-corrected chi connectivity index (χ1v) is 7.90. The molecule has 0 saturated carbocycles. The number of hydrogen-bond donors (Lipinski definition) is 1. The largest absolute Gasteiger partial charge is 0.457 e. The fourth-order valence-electron chi connectivity index (χ4n) is 1.89. The summed E-state index contributed by atoms with van der Waals surface area (Å²) in [7, 11) is 0. The quantitative estimate of drug-likeness (QED) is 0.827. The maximum Gasteiger partial charge on any atom is 0.238 e. The molecule has 0 saturated heterocycles. The van der Waals surface area contributed by atoms with E-state index in [4.69, 9.17) is 10.5 Å². The molecule has 2 aromatic rings. The minimum Gasteiger partial charge on any atom is -0.457 e. The van der Waals surface area contributed by atoms with Gasteiger partial charge < -0.3 is 10.5 Å². The first-order chi connectivity index (χ1) is 9.69. The first kappa shape index (κ1) is 15.0. The molecule has 2 aromatic carbocycles. The van der Waals surface area contributed by atoms with Gasteiger partial charge in [0, 0.05) is 6.54 Å². The Kier molecular flexibility index (Phi) is 5.56. The van der Waals surface area contributed by atoms with Crippen molar-refractivity contribution in [2.75, 3.05) is 12.3 Å². The Hall–Kier alpha value is -1.39. The van der Waals surface area contributed by atoms with Crippen LogP contribution < -0.4 is 15.9 Å². The van der Waals surface area contributed by atoms with Crippen molar-refractivity contribution < 1.29 is 4.74 Å². The van der Waals surface area contributed by atoms with Crippen LogP contribution in [0.15, 0.2) is 48.5 Å². The second-order valence-corrected chi connectivity index (χ2v) is 6.23. The van der Waals surface area contributed by atoms with Crippen molar-refractivity contribution in [3.05, 3.63) is 54.1 Å². The highest BCUT2D eigenvalue weighted by molar-refractivity contribution is 8.26. The Labute approximate surface area is 125 Å². The van der Waals surface area contributed by atoms with Crippen LogP contribution in [-0.4, -0.2) is 18.3 Å². The molecule has 0 aliphatic carbocycles. The highest BCUT2D eigenvalue weighted by atomic mass is 32.2. The molecule has 104 valence electrons. The second-order valence-electron chi connectivity index (χ2n) is 4.79. The molecule has 0 aromatic heterocycles. The van der Waals surface area contributed by atoms with Gasteiger partial charge in [-0.25, -0.2) is 11.6 Å². The van der Waals surface area contributed by atoms with Crippen LogP contribution in [0.4, 0.5) is 0 Å². The summed E-state index contributed by atoms with van der Waals surface area (Å²) in [5, 5.41) is 0. The maximum absolute atomic E-state index is 5.82. The van der Waals surface area contributed by atoms with E-state index in [1.165, 1.54) is 11.0 Å². The van der Waals surface area contributed by atoms with Gasteiger partial charge in [0.1, 0.15) is 11.5 Å². The summed E-state index contributed by atoms with van der Waals surface area (Å²) in [5.74, 6) is 3.19. The van der Waals surface area contributed by atoms with Crippen LogP contribution in [0.5, 0.6) is 11.5 Å². The molecule has 0 radical (unpaired) electrons. The van der Waals surface area contributed by atoms with E-state index in [9.17, 15) is 0 Å². The monoisotopic (exact) mass is 285 g/mol. The zero-order valence-electron chi connectivity index (χ0n) is 12.0. The molecule has 0 amide bonds. The van der Waals surface area contributed by atoms with E-state index in [0.29, 0.717) is 5.99 Å². The minimum atomic E-state index is 0.465. The highest BCUT2D eigenvalue weighted by Gasteiger charge is 2.10. The predicted octanol–water partition coefficient (Wildman–Crippen LogP) is 3.31. The third-order valence-electron chi connectivity index (χ3n) is 3.09. The van der Waals surface area contributed by atoms with Crippen molar-refractivity contribution in [3.8, 4) is 11.5 Å². The maximum atomic E-state index is 5.82. The van der Waals surface area contributed by atoms with Crippen LogP contribution in [0.3, 0.4) is 0 Å². The lowest BCUT2D eigenvalue weighted by molar-refractivity contribution is 0.482. The van der Waals surface area contributed by atoms with E-state index in [2.05, 4.69) is 38.0 Å². The van der Waals surface area contributed by atoms with Crippen molar-refractivity contribution in [3.63, 3.8) is 0 Å².